The molecular formula is C10H16N2O3. The highest BCUT2D eigenvalue weighted by molar-refractivity contribution is 5.78. The second kappa shape index (κ2) is 4.93. The molecule has 1 aliphatic rings. The minimum absolute atomic E-state index is 0.134. The van der Waals surface area contributed by atoms with Crippen molar-refractivity contribution in [2.75, 3.05) is 0 Å². The van der Waals surface area contributed by atoms with Crippen LogP contribution in [0.5, 0.6) is 0 Å². The molecule has 0 aromatic heterocycles. The molecular weight excluding hydrogens is 196 g/mol. The van der Waals surface area contributed by atoms with E-state index in [-0.39, 0.29) is 24.4 Å². The van der Waals surface area contributed by atoms with Gasteiger partial charge < -0.3 is 16.2 Å². The Morgan fingerprint density at radius 3 is 2.73 bits per heavy atom. The molecule has 5 nitrogen and oxygen atoms in total. The molecule has 3 atom stereocenters. The molecule has 5 heteroatoms. The summed E-state index contributed by atoms with van der Waals surface area (Å²) in [5.41, 5.74) is 5.47. The van der Waals surface area contributed by atoms with Gasteiger partial charge in [-0.05, 0) is 13.3 Å². The third-order valence-electron chi connectivity index (χ3n) is 2.25. The Kier molecular flexibility index (Phi) is 3.85. The van der Waals surface area contributed by atoms with Crippen LogP contribution in [-0.2, 0) is 9.59 Å². The van der Waals surface area contributed by atoms with Gasteiger partial charge in [0.15, 0.2) is 0 Å². The van der Waals surface area contributed by atoms with Gasteiger partial charge in [-0.1, -0.05) is 12.2 Å². The number of amides is 1. The number of hydrogen-bond donors (Lipinski definition) is 3. The van der Waals surface area contributed by atoms with Crippen LogP contribution >= 0.6 is 0 Å². The van der Waals surface area contributed by atoms with Crippen LogP contribution in [0.25, 0.3) is 0 Å². The normalized spacial score (nSPS) is 26.3. The number of carbonyl (C=O) groups is 2. The van der Waals surface area contributed by atoms with Gasteiger partial charge in [-0.15, -0.1) is 0 Å². The van der Waals surface area contributed by atoms with Gasteiger partial charge in [0.25, 0.3) is 0 Å². The number of carboxylic acids is 1. The Morgan fingerprint density at radius 2 is 2.27 bits per heavy atom. The van der Waals surface area contributed by atoms with Gasteiger partial charge in [0.1, 0.15) is 0 Å². The lowest BCUT2D eigenvalue weighted by molar-refractivity contribution is -0.140. The zero-order valence-corrected chi connectivity index (χ0v) is 8.64. The Balaban J connectivity index is 2.34. The summed E-state index contributed by atoms with van der Waals surface area (Å²) in [6.45, 7) is 1.75. The average Bonchev–Trinajstić information content (AvgIpc) is 2.50. The van der Waals surface area contributed by atoms with Gasteiger partial charge in [0.2, 0.25) is 5.91 Å². The Morgan fingerprint density at radius 1 is 1.60 bits per heavy atom. The van der Waals surface area contributed by atoms with Crippen LogP contribution in [0.1, 0.15) is 19.8 Å². The minimum atomic E-state index is -0.852. The first-order chi connectivity index (χ1) is 6.99. The largest absolute Gasteiger partial charge is 0.481 e. The molecule has 0 aromatic rings. The van der Waals surface area contributed by atoms with E-state index in [0.29, 0.717) is 6.42 Å². The fourth-order valence-electron chi connectivity index (χ4n) is 1.55. The Labute approximate surface area is 88.3 Å². The van der Waals surface area contributed by atoms with E-state index in [1.54, 1.807) is 19.1 Å². The molecule has 0 spiro atoms. The second-order valence-electron chi connectivity index (χ2n) is 3.92. The van der Waals surface area contributed by atoms with Crippen molar-refractivity contribution in [2.45, 2.75) is 31.8 Å². The molecule has 0 heterocycles. The van der Waals surface area contributed by atoms with E-state index in [1.165, 1.54) is 0 Å². The molecule has 1 aliphatic carbocycles. The summed E-state index contributed by atoms with van der Waals surface area (Å²) >= 11 is 0. The molecule has 0 fully saturated rings. The molecule has 84 valence electrons. The minimum Gasteiger partial charge on any atom is -0.481 e. The molecule has 0 aliphatic heterocycles. The first kappa shape index (κ1) is 11.7. The van der Waals surface area contributed by atoms with Crippen LogP contribution in [0.3, 0.4) is 0 Å². The van der Waals surface area contributed by atoms with Gasteiger partial charge in [-0.25, -0.2) is 0 Å². The maximum atomic E-state index is 11.3. The van der Waals surface area contributed by atoms with E-state index in [4.69, 9.17) is 10.8 Å². The quantitative estimate of drug-likeness (QED) is 0.566. The summed E-state index contributed by atoms with van der Waals surface area (Å²) in [6.07, 6.45) is 4.03. The number of hydrogen-bond acceptors (Lipinski definition) is 3. The van der Waals surface area contributed by atoms with Crippen LogP contribution in [0.15, 0.2) is 12.2 Å². The van der Waals surface area contributed by atoms with Crippen molar-refractivity contribution in [3.63, 3.8) is 0 Å². The molecule has 0 saturated heterocycles. The van der Waals surface area contributed by atoms with E-state index >= 15 is 0 Å². The second-order valence-corrected chi connectivity index (χ2v) is 3.92. The molecule has 1 rings (SSSR count). The highest BCUT2D eigenvalue weighted by Crippen LogP contribution is 2.17. The molecule has 0 bridgehead atoms. The number of rotatable bonds is 4. The number of carbonyl (C=O) groups excluding carboxylic acids is 1. The number of nitrogens with two attached hydrogens (primary N) is 1. The van der Waals surface area contributed by atoms with Gasteiger partial charge in [-0.3, -0.25) is 9.59 Å². The van der Waals surface area contributed by atoms with Crippen molar-refractivity contribution in [3.05, 3.63) is 12.2 Å². The maximum absolute atomic E-state index is 11.3. The van der Waals surface area contributed by atoms with E-state index in [1.807, 2.05) is 0 Å². The molecule has 0 radical (unpaired) electrons. The molecule has 3 unspecified atom stereocenters. The fraction of sp³-hybridized carbons (Fsp3) is 0.600. The van der Waals surface area contributed by atoms with E-state index < -0.39 is 11.9 Å². The summed E-state index contributed by atoms with van der Waals surface area (Å²) in [6, 6.07) is -0.344. The van der Waals surface area contributed by atoms with Gasteiger partial charge in [-0.2, -0.15) is 0 Å². The summed E-state index contributed by atoms with van der Waals surface area (Å²) in [4.78, 5) is 21.9. The smallest absolute Gasteiger partial charge is 0.310 e. The Hall–Kier alpha value is -1.36. The van der Waals surface area contributed by atoms with Gasteiger partial charge in [0, 0.05) is 18.5 Å². The lowest BCUT2D eigenvalue weighted by atomic mass is 10.1. The molecule has 15 heavy (non-hydrogen) atoms. The third-order valence-corrected chi connectivity index (χ3v) is 2.25. The van der Waals surface area contributed by atoms with E-state index in [9.17, 15) is 9.59 Å². The monoisotopic (exact) mass is 212 g/mol. The zero-order chi connectivity index (χ0) is 11.4. The lowest BCUT2D eigenvalue weighted by Crippen LogP contribution is -2.36. The average molecular weight is 212 g/mol. The summed E-state index contributed by atoms with van der Waals surface area (Å²) < 4.78 is 0. The van der Waals surface area contributed by atoms with Crippen LogP contribution < -0.4 is 11.1 Å². The van der Waals surface area contributed by atoms with Crippen molar-refractivity contribution in [1.82, 2.24) is 5.32 Å². The predicted octanol–water partition coefficient (Wildman–Crippen LogP) is -0.131. The number of aliphatic carboxylic acids is 1. The fourth-order valence-corrected chi connectivity index (χ4v) is 1.55. The first-order valence-corrected chi connectivity index (χ1v) is 4.95. The van der Waals surface area contributed by atoms with Gasteiger partial charge >= 0.3 is 5.97 Å². The molecule has 1 amide bonds. The zero-order valence-electron chi connectivity index (χ0n) is 8.64. The van der Waals surface area contributed by atoms with Crippen LogP contribution in [-0.4, -0.2) is 29.1 Å². The predicted molar refractivity (Wildman–Crippen MR) is 55.1 cm³/mol. The van der Waals surface area contributed by atoms with Gasteiger partial charge in [0.05, 0.1) is 5.92 Å². The highest BCUT2D eigenvalue weighted by Gasteiger charge is 2.25. The van der Waals surface area contributed by atoms with Crippen LogP contribution in [0.4, 0.5) is 0 Å². The van der Waals surface area contributed by atoms with Crippen LogP contribution in [0, 0.1) is 5.92 Å². The van der Waals surface area contributed by atoms with Crippen molar-refractivity contribution in [1.29, 1.82) is 0 Å². The van der Waals surface area contributed by atoms with Crippen molar-refractivity contribution in [3.8, 4) is 0 Å². The summed E-state index contributed by atoms with van der Waals surface area (Å²) in [5.74, 6) is -1.47. The maximum Gasteiger partial charge on any atom is 0.310 e. The van der Waals surface area contributed by atoms with E-state index in [2.05, 4.69) is 5.32 Å². The molecule has 0 saturated carbocycles. The topological polar surface area (TPSA) is 92.4 Å². The lowest BCUT2D eigenvalue weighted by Gasteiger charge is -2.13. The van der Waals surface area contributed by atoms with Crippen LogP contribution in [0.2, 0.25) is 0 Å². The first-order valence-electron chi connectivity index (χ1n) is 4.95. The van der Waals surface area contributed by atoms with E-state index in [0.717, 1.165) is 0 Å². The summed E-state index contributed by atoms with van der Waals surface area (Å²) in [5, 5.41) is 11.5. The summed E-state index contributed by atoms with van der Waals surface area (Å²) in [7, 11) is 0. The Bertz CT molecular complexity index is 286. The van der Waals surface area contributed by atoms with Crippen molar-refractivity contribution >= 4 is 11.9 Å². The SMILES string of the molecule is CC(N)CC(=O)NC1C=CC(C(=O)O)C1. The third kappa shape index (κ3) is 3.71. The van der Waals surface area contributed by atoms with Crippen molar-refractivity contribution < 1.29 is 14.7 Å². The molecule has 0 aromatic carbocycles. The number of carboxylic acid groups (broad SMARTS) is 1. The molecule has 4 N–H and O–H groups in total. The number of nitrogens with one attached hydrogen (secondary N) is 1. The standard InChI is InChI=1S/C10H16N2O3/c1-6(11)4-9(13)12-8-3-2-7(5-8)10(14)15/h2-3,6-8H,4-5,11H2,1H3,(H,12,13)(H,14,15). The highest BCUT2D eigenvalue weighted by atomic mass is 16.4. The van der Waals surface area contributed by atoms with Crippen molar-refractivity contribution in [2.24, 2.45) is 11.7 Å².